The molecule has 0 amide bonds. The van der Waals surface area contributed by atoms with Crippen molar-refractivity contribution in [1.29, 1.82) is 0 Å². The van der Waals surface area contributed by atoms with E-state index in [0.717, 1.165) is 4.90 Å². The molecule has 1 aromatic heterocycles. The first-order valence-corrected chi connectivity index (χ1v) is 6.39. The number of ketones is 1. The zero-order valence-corrected chi connectivity index (χ0v) is 11.0. The SMILES string of the molecule is O=C(O)/C(O)=C/C(=O)c1ccc(Sc2ccccc2)o1. The molecule has 0 aliphatic carbocycles. The first-order valence-electron chi connectivity index (χ1n) is 5.57. The predicted octanol–water partition coefficient (Wildman–Crippen LogP) is 3.14. The summed E-state index contributed by atoms with van der Waals surface area (Å²) < 4.78 is 5.29. The fourth-order valence-electron chi connectivity index (χ4n) is 1.37. The fourth-order valence-corrected chi connectivity index (χ4v) is 2.16. The average molecular weight is 290 g/mol. The molecule has 102 valence electrons. The summed E-state index contributed by atoms with van der Waals surface area (Å²) >= 11 is 1.33. The van der Waals surface area contributed by atoms with Crippen molar-refractivity contribution in [3.63, 3.8) is 0 Å². The molecule has 5 nitrogen and oxygen atoms in total. The standard InChI is InChI=1S/C14H10O5S/c15-10(8-11(16)14(17)18)12-6-7-13(19-12)20-9-4-2-1-3-5-9/h1-8,16H,(H,17,18)/b11-8-. The van der Waals surface area contributed by atoms with E-state index in [1.807, 2.05) is 30.3 Å². The number of rotatable bonds is 5. The van der Waals surface area contributed by atoms with Crippen LogP contribution in [0.25, 0.3) is 0 Å². The van der Waals surface area contributed by atoms with Gasteiger partial charge in [0.05, 0.1) is 0 Å². The minimum absolute atomic E-state index is 0.0313. The van der Waals surface area contributed by atoms with Gasteiger partial charge in [-0.1, -0.05) is 30.0 Å². The zero-order chi connectivity index (χ0) is 14.5. The molecule has 1 heterocycles. The van der Waals surface area contributed by atoms with E-state index in [9.17, 15) is 9.59 Å². The molecule has 2 aromatic rings. The van der Waals surface area contributed by atoms with E-state index in [0.29, 0.717) is 11.2 Å². The lowest BCUT2D eigenvalue weighted by molar-refractivity contribution is -0.135. The number of carboxylic acids is 1. The van der Waals surface area contributed by atoms with Gasteiger partial charge in [0.25, 0.3) is 0 Å². The van der Waals surface area contributed by atoms with Crippen LogP contribution < -0.4 is 0 Å². The van der Waals surface area contributed by atoms with E-state index in [-0.39, 0.29) is 5.76 Å². The molecule has 0 radical (unpaired) electrons. The number of benzene rings is 1. The van der Waals surface area contributed by atoms with Gasteiger partial charge in [0.15, 0.2) is 10.9 Å². The third kappa shape index (κ3) is 3.52. The highest BCUT2D eigenvalue weighted by Gasteiger charge is 2.13. The summed E-state index contributed by atoms with van der Waals surface area (Å²) in [7, 11) is 0. The summed E-state index contributed by atoms with van der Waals surface area (Å²) in [6.45, 7) is 0. The minimum atomic E-state index is -1.57. The third-order valence-electron chi connectivity index (χ3n) is 2.27. The van der Waals surface area contributed by atoms with Crippen molar-refractivity contribution in [2.75, 3.05) is 0 Å². The first-order chi connectivity index (χ1) is 9.56. The van der Waals surface area contributed by atoms with Crippen LogP contribution in [-0.4, -0.2) is 22.0 Å². The number of carbonyl (C=O) groups is 2. The second-order valence-corrected chi connectivity index (χ2v) is 4.81. The van der Waals surface area contributed by atoms with Crippen molar-refractivity contribution >= 4 is 23.5 Å². The number of aliphatic hydroxyl groups is 1. The summed E-state index contributed by atoms with van der Waals surface area (Å²) in [5.74, 6) is -3.33. The molecule has 1 aromatic carbocycles. The number of aliphatic carboxylic acids is 1. The molecule has 6 heteroatoms. The highest BCUT2D eigenvalue weighted by molar-refractivity contribution is 7.99. The van der Waals surface area contributed by atoms with Crippen molar-refractivity contribution in [2.24, 2.45) is 0 Å². The molecule has 0 saturated heterocycles. The van der Waals surface area contributed by atoms with Crippen LogP contribution in [0.5, 0.6) is 0 Å². The Morgan fingerprint density at radius 3 is 2.40 bits per heavy atom. The topological polar surface area (TPSA) is 87.7 Å². The minimum Gasteiger partial charge on any atom is -0.502 e. The van der Waals surface area contributed by atoms with Crippen LogP contribution in [-0.2, 0) is 4.79 Å². The van der Waals surface area contributed by atoms with E-state index >= 15 is 0 Å². The Hall–Kier alpha value is -2.47. The molecule has 0 fully saturated rings. The lowest BCUT2D eigenvalue weighted by atomic mass is 10.2. The lowest BCUT2D eigenvalue weighted by Crippen LogP contribution is -2.03. The number of carbonyl (C=O) groups excluding carboxylic acids is 1. The van der Waals surface area contributed by atoms with Crippen LogP contribution in [0.4, 0.5) is 0 Å². The smallest absolute Gasteiger partial charge is 0.371 e. The van der Waals surface area contributed by atoms with E-state index in [1.54, 1.807) is 6.07 Å². The van der Waals surface area contributed by atoms with Crippen LogP contribution in [0, 0.1) is 0 Å². The van der Waals surface area contributed by atoms with Crippen molar-refractivity contribution in [3.8, 4) is 0 Å². The summed E-state index contributed by atoms with van der Waals surface area (Å²) in [4.78, 5) is 23.0. The maximum absolute atomic E-state index is 11.6. The summed E-state index contributed by atoms with van der Waals surface area (Å²) in [6, 6.07) is 12.5. The maximum atomic E-state index is 11.6. The second-order valence-electron chi connectivity index (χ2n) is 3.73. The van der Waals surface area contributed by atoms with Crippen molar-refractivity contribution < 1.29 is 24.2 Å². The molecule has 0 atom stereocenters. The predicted molar refractivity (Wildman–Crippen MR) is 72.0 cm³/mol. The number of furan rings is 1. The van der Waals surface area contributed by atoms with E-state index in [1.165, 1.54) is 17.8 Å². The van der Waals surface area contributed by atoms with Crippen LogP contribution in [0.3, 0.4) is 0 Å². The number of aliphatic hydroxyl groups excluding tert-OH is 1. The van der Waals surface area contributed by atoms with Crippen LogP contribution in [0.1, 0.15) is 10.6 Å². The number of hydrogen-bond acceptors (Lipinski definition) is 5. The normalized spacial score (nSPS) is 11.3. The van der Waals surface area contributed by atoms with Gasteiger partial charge >= 0.3 is 5.97 Å². The van der Waals surface area contributed by atoms with E-state index in [2.05, 4.69) is 0 Å². The molecule has 0 saturated carbocycles. The monoisotopic (exact) mass is 290 g/mol. The molecule has 0 aliphatic heterocycles. The second kappa shape index (κ2) is 6.12. The van der Waals surface area contributed by atoms with Gasteiger partial charge in [-0.3, -0.25) is 4.79 Å². The average Bonchev–Trinajstić information content (AvgIpc) is 2.88. The van der Waals surface area contributed by atoms with E-state index in [4.69, 9.17) is 14.6 Å². The quantitative estimate of drug-likeness (QED) is 0.499. The number of allylic oxidation sites excluding steroid dienone is 1. The number of carboxylic acid groups (broad SMARTS) is 1. The third-order valence-corrected chi connectivity index (χ3v) is 3.20. The van der Waals surface area contributed by atoms with Gasteiger partial charge in [-0.05, 0) is 24.3 Å². The molecular formula is C14H10O5S. The molecule has 0 aliphatic rings. The highest BCUT2D eigenvalue weighted by atomic mass is 32.2. The van der Waals surface area contributed by atoms with Gasteiger partial charge < -0.3 is 14.6 Å². The lowest BCUT2D eigenvalue weighted by Gasteiger charge is -1.96. The van der Waals surface area contributed by atoms with Crippen molar-refractivity contribution in [1.82, 2.24) is 0 Å². The van der Waals surface area contributed by atoms with Gasteiger partial charge in [0.2, 0.25) is 11.5 Å². The Morgan fingerprint density at radius 2 is 1.75 bits per heavy atom. The zero-order valence-electron chi connectivity index (χ0n) is 10.1. The largest absolute Gasteiger partial charge is 0.502 e. The Labute approximate surface area is 118 Å². The molecule has 0 bridgehead atoms. The van der Waals surface area contributed by atoms with Gasteiger partial charge in [0.1, 0.15) is 0 Å². The van der Waals surface area contributed by atoms with Gasteiger partial charge in [0, 0.05) is 11.0 Å². The molecule has 0 spiro atoms. The molecule has 2 rings (SSSR count). The summed E-state index contributed by atoms with van der Waals surface area (Å²) in [5.41, 5.74) is 0. The summed E-state index contributed by atoms with van der Waals surface area (Å²) in [5, 5.41) is 18.0. The van der Waals surface area contributed by atoms with Crippen LogP contribution >= 0.6 is 11.8 Å². The summed E-state index contributed by atoms with van der Waals surface area (Å²) in [6.07, 6.45) is 0.609. The molecular weight excluding hydrogens is 280 g/mol. The molecule has 2 N–H and O–H groups in total. The molecule has 0 unspecified atom stereocenters. The van der Waals surface area contributed by atoms with Crippen molar-refractivity contribution in [3.05, 3.63) is 60.1 Å². The van der Waals surface area contributed by atoms with Gasteiger partial charge in [-0.15, -0.1) is 0 Å². The van der Waals surface area contributed by atoms with E-state index < -0.39 is 17.5 Å². The molecule has 20 heavy (non-hydrogen) atoms. The van der Waals surface area contributed by atoms with Crippen LogP contribution in [0.15, 0.2) is 68.7 Å². The maximum Gasteiger partial charge on any atom is 0.371 e. The Bertz CT molecular complexity index is 657. The first kappa shape index (κ1) is 14.0. The number of hydrogen-bond donors (Lipinski definition) is 2. The Kier molecular flexibility index (Phi) is 4.27. The Balaban J connectivity index is 2.11. The highest BCUT2D eigenvalue weighted by Crippen LogP contribution is 2.29. The Morgan fingerprint density at radius 1 is 1.05 bits per heavy atom. The fraction of sp³-hybridized carbons (Fsp3) is 0. The van der Waals surface area contributed by atoms with Gasteiger partial charge in [-0.2, -0.15) is 0 Å². The van der Waals surface area contributed by atoms with Crippen LogP contribution in [0.2, 0.25) is 0 Å². The van der Waals surface area contributed by atoms with Gasteiger partial charge in [-0.25, -0.2) is 4.79 Å². The van der Waals surface area contributed by atoms with Crippen molar-refractivity contribution in [2.45, 2.75) is 9.99 Å².